The van der Waals surface area contributed by atoms with Crippen molar-refractivity contribution < 1.29 is 1.43 Å². The van der Waals surface area contributed by atoms with Crippen molar-refractivity contribution in [2.75, 3.05) is 0 Å². The summed E-state index contributed by atoms with van der Waals surface area (Å²) in [4.78, 5) is 0. The maximum Gasteiger partial charge on any atom is 0 e. The van der Waals surface area contributed by atoms with E-state index in [1.165, 1.54) is 6.42 Å². The normalized spacial score (nSPS) is 4.50. The molecule has 0 aliphatic carbocycles. The van der Waals surface area contributed by atoms with Gasteiger partial charge in [0.15, 0.2) is 0 Å². The molecule has 30 valence electrons. The van der Waals surface area contributed by atoms with Crippen LogP contribution in [-0.2, 0) is 0 Å². The van der Waals surface area contributed by atoms with Crippen molar-refractivity contribution in [3.63, 3.8) is 0 Å². The van der Waals surface area contributed by atoms with E-state index in [0.29, 0.717) is 0 Å². The van der Waals surface area contributed by atoms with Crippen molar-refractivity contribution in [3.05, 3.63) is 0 Å². The van der Waals surface area contributed by atoms with Gasteiger partial charge in [0.1, 0.15) is 0 Å². The minimum Gasteiger partial charge on any atom is -0.344 e. The molecule has 3 N–H and O–H groups in total. The lowest BCUT2D eigenvalue weighted by Gasteiger charge is -1.48. The first kappa shape index (κ1) is 9.03. The summed E-state index contributed by atoms with van der Waals surface area (Å²) in [5.74, 6) is 0. The molecule has 0 bridgehead atoms. The molecule has 0 aromatic heterocycles. The Balaban J connectivity index is -0.0000000200. The monoisotopic (exact) mass is 64.1 g/mol. The zero-order valence-corrected chi connectivity index (χ0v) is 3.41. The fraction of sp³-hybridized carbons (Fsp3) is 1.00. The van der Waals surface area contributed by atoms with E-state index in [4.69, 9.17) is 0 Å². The zero-order valence-electron chi connectivity index (χ0n) is 3.41. The summed E-state index contributed by atoms with van der Waals surface area (Å²) < 4.78 is 0. The summed E-state index contributed by atoms with van der Waals surface area (Å²) in [6.45, 7) is 4.25. The van der Waals surface area contributed by atoms with E-state index in [2.05, 4.69) is 13.8 Å². The first-order chi connectivity index (χ1) is 1.41. The first-order valence-electron chi connectivity index (χ1n) is 1.41. The van der Waals surface area contributed by atoms with E-state index >= 15 is 0 Å². The third-order valence-electron chi connectivity index (χ3n) is 0. The highest BCUT2D eigenvalue weighted by atomic mass is 14.0. The molecule has 0 aromatic carbocycles. The van der Waals surface area contributed by atoms with Gasteiger partial charge in [-0.15, -0.1) is 0 Å². The molecule has 0 aromatic rings. The number of hydrogen-bond donors (Lipinski definition) is 1. The molecule has 0 rings (SSSR count). The molecule has 0 radical (unpaired) electrons. The molecule has 0 aliphatic rings. The van der Waals surface area contributed by atoms with E-state index in [1.54, 1.807) is 0 Å². The molecular formula is C3H13N. The smallest absolute Gasteiger partial charge is 0 e. The molecule has 0 unspecified atom stereocenters. The van der Waals surface area contributed by atoms with E-state index in [-0.39, 0.29) is 7.58 Å². The third-order valence-corrected chi connectivity index (χ3v) is 0. The van der Waals surface area contributed by atoms with Crippen LogP contribution in [0.15, 0.2) is 0 Å². The van der Waals surface area contributed by atoms with E-state index < -0.39 is 0 Å². The maximum atomic E-state index is 2.12. The highest BCUT2D eigenvalue weighted by molar-refractivity contribution is 3.92. The van der Waals surface area contributed by atoms with Crippen molar-refractivity contribution in [3.8, 4) is 0 Å². The summed E-state index contributed by atoms with van der Waals surface area (Å²) >= 11 is 0. The first-order valence-corrected chi connectivity index (χ1v) is 1.41. The Bertz CT molecular complexity index is 6.85. The molecular weight excluding hydrogens is 50.0 g/mol. The van der Waals surface area contributed by atoms with Crippen LogP contribution in [0.1, 0.15) is 21.7 Å². The quantitative estimate of drug-likeness (QED) is 0.458. The summed E-state index contributed by atoms with van der Waals surface area (Å²) in [5, 5.41) is 0. The molecule has 0 saturated carbocycles. The van der Waals surface area contributed by atoms with Crippen molar-refractivity contribution in [1.82, 2.24) is 6.15 Å². The van der Waals surface area contributed by atoms with Crippen LogP contribution < -0.4 is 6.15 Å². The van der Waals surface area contributed by atoms with Gasteiger partial charge in [-0.05, 0) is 0 Å². The van der Waals surface area contributed by atoms with Gasteiger partial charge in [0.2, 0.25) is 0 Å². The van der Waals surface area contributed by atoms with Crippen LogP contribution in [0.25, 0.3) is 0 Å². The van der Waals surface area contributed by atoms with Crippen LogP contribution in [0.4, 0.5) is 0 Å². The SMILES string of the molecule is CCC.N.[2HH]. The molecule has 0 atom stereocenters. The van der Waals surface area contributed by atoms with E-state index in [0.717, 1.165) is 0 Å². The minimum atomic E-state index is 0. The fourth-order valence-electron chi connectivity index (χ4n) is 0. The van der Waals surface area contributed by atoms with Gasteiger partial charge >= 0.3 is 0 Å². The molecule has 0 amide bonds. The van der Waals surface area contributed by atoms with Crippen LogP contribution >= 0.6 is 0 Å². The highest BCUT2D eigenvalue weighted by Gasteiger charge is 1.35. The van der Waals surface area contributed by atoms with Gasteiger partial charge in [-0.3, -0.25) is 0 Å². The Labute approximate surface area is 29.1 Å². The van der Waals surface area contributed by atoms with Gasteiger partial charge in [0.05, 0.1) is 0 Å². The molecule has 0 fully saturated rings. The van der Waals surface area contributed by atoms with Gasteiger partial charge in [-0.25, -0.2) is 0 Å². The highest BCUT2D eigenvalue weighted by Crippen LogP contribution is 1.56. The lowest BCUT2D eigenvalue weighted by molar-refractivity contribution is 1.09. The van der Waals surface area contributed by atoms with E-state index in [1.807, 2.05) is 0 Å². The van der Waals surface area contributed by atoms with E-state index in [9.17, 15) is 0 Å². The Kier molecular flexibility index (Phi) is 27.9. The second kappa shape index (κ2) is 12.3. The Morgan fingerprint density at radius 1 is 1.50 bits per heavy atom. The van der Waals surface area contributed by atoms with Crippen LogP contribution in [0.2, 0.25) is 0 Å². The van der Waals surface area contributed by atoms with Crippen LogP contribution in [0, 0.1) is 0 Å². The summed E-state index contributed by atoms with van der Waals surface area (Å²) in [6, 6.07) is 0. The van der Waals surface area contributed by atoms with Gasteiger partial charge in [0, 0.05) is 1.43 Å². The number of hydrogen-bond acceptors (Lipinski definition) is 1. The van der Waals surface area contributed by atoms with Crippen molar-refractivity contribution in [2.45, 2.75) is 20.3 Å². The fourth-order valence-corrected chi connectivity index (χ4v) is 0. The van der Waals surface area contributed by atoms with Crippen LogP contribution in [0.5, 0.6) is 0 Å². The van der Waals surface area contributed by atoms with Gasteiger partial charge in [0.25, 0.3) is 0 Å². The lowest BCUT2D eigenvalue weighted by Crippen LogP contribution is -1.27. The Hall–Kier alpha value is -0.0400. The van der Waals surface area contributed by atoms with Gasteiger partial charge < -0.3 is 6.15 Å². The Morgan fingerprint density at radius 3 is 1.50 bits per heavy atom. The topological polar surface area (TPSA) is 35.0 Å². The van der Waals surface area contributed by atoms with Crippen molar-refractivity contribution in [1.29, 1.82) is 0 Å². The summed E-state index contributed by atoms with van der Waals surface area (Å²) in [5.41, 5.74) is 0. The van der Waals surface area contributed by atoms with Crippen molar-refractivity contribution in [2.24, 2.45) is 0 Å². The predicted octanol–water partition coefficient (Wildman–Crippen LogP) is 1.82. The largest absolute Gasteiger partial charge is 0.344 e. The summed E-state index contributed by atoms with van der Waals surface area (Å²) in [7, 11) is 0. The molecule has 1 nitrogen and oxygen atoms in total. The second-order valence-electron chi connectivity index (χ2n) is 0.707. The molecule has 0 aliphatic heterocycles. The molecule has 0 spiro atoms. The molecule has 1 heteroatoms. The molecule has 0 heterocycles. The third kappa shape index (κ3) is 1130. The maximum absolute atomic E-state index is 2.12. The average Bonchev–Trinajstić information content (AvgIpc) is 0.918. The molecule has 4 heavy (non-hydrogen) atoms. The molecule has 0 saturated heterocycles. The van der Waals surface area contributed by atoms with Crippen LogP contribution in [-0.4, -0.2) is 0 Å². The van der Waals surface area contributed by atoms with Gasteiger partial charge in [-0.2, -0.15) is 0 Å². The van der Waals surface area contributed by atoms with Crippen LogP contribution in [0.3, 0.4) is 0 Å². The lowest BCUT2D eigenvalue weighted by atomic mass is 10.6. The van der Waals surface area contributed by atoms with Gasteiger partial charge in [-0.1, -0.05) is 20.3 Å². The number of rotatable bonds is 0. The zero-order chi connectivity index (χ0) is 2.71. The van der Waals surface area contributed by atoms with Crippen molar-refractivity contribution >= 4 is 0 Å². The second-order valence-corrected chi connectivity index (χ2v) is 0.707. The minimum absolute atomic E-state index is 0. The standard InChI is InChI=1S/C3H8.H3N.H2/c1-3-2;;/h3H2,1-2H3;1H3;1H/i;;1+1. The Morgan fingerprint density at radius 2 is 1.50 bits per heavy atom. The predicted molar refractivity (Wildman–Crippen MR) is 23.1 cm³/mol. The summed E-state index contributed by atoms with van der Waals surface area (Å²) in [6.07, 6.45) is 1.25. The average molecular weight is 64.2 g/mol.